The van der Waals surface area contributed by atoms with E-state index in [0.29, 0.717) is 32.8 Å². The third kappa shape index (κ3) is 3.82. The highest BCUT2D eigenvalue weighted by molar-refractivity contribution is 6.38. The fourth-order valence-electron chi connectivity index (χ4n) is 3.04. The SMILES string of the molecule is COc1ccccc1OCCN1C(=O)[C@H](NC(C)=O)c2c(Cl)ccc(Cl)c21. The van der Waals surface area contributed by atoms with E-state index in [2.05, 4.69) is 5.32 Å². The number of carbonyl (C=O) groups is 2. The van der Waals surface area contributed by atoms with Crippen LogP contribution < -0.4 is 19.7 Å². The van der Waals surface area contributed by atoms with Crippen LogP contribution in [0.15, 0.2) is 36.4 Å². The topological polar surface area (TPSA) is 67.9 Å². The summed E-state index contributed by atoms with van der Waals surface area (Å²) in [4.78, 5) is 25.9. The molecule has 0 saturated carbocycles. The van der Waals surface area contributed by atoms with E-state index >= 15 is 0 Å². The van der Waals surface area contributed by atoms with Crippen molar-refractivity contribution in [3.8, 4) is 11.5 Å². The number of hydrogen-bond acceptors (Lipinski definition) is 4. The standard InChI is InChI=1S/C19H18Cl2N2O4/c1-11(24)22-17-16-12(20)7-8-13(21)18(16)23(19(17)25)9-10-27-15-6-4-3-5-14(15)26-2/h3-8,17H,9-10H2,1-2H3,(H,22,24)/t17-/m1/s1. The van der Waals surface area contributed by atoms with Crippen LogP contribution in [0.25, 0.3) is 0 Å². The number of benzene rings is 2. The maximum atomic E-state index is 12.9. The number of fused-ring (bicyclic) bond motifs is 1. The van der Waals surface area contributed by atoms with Gasteiger partial charge >= 0.3 is 0 Å². The van der Waals surface area contributed by atoms with E-state index < -0.39 is 6.04 Å². The summed E-state index contributed by atoms with van der Waals surface area (Å²) in [5.74, 6) is 0.534. The smallest absolute Gasteiger partial charge is 0.254 e. The Bertz CT molecular complexity index is 888. The average Bonchev–Trinajstić information content (AvgIpc) is 2.92. The molecule has 0 aromatic heterocycles. The molecular weight excluding hydrogens is 391 g/mol. The Labute approximate surface area is 167 Å². The van der Waals surface area contributed by atoms with Gasteiger partial charge in [-0.2, -0.15) is 0 Å². The third-order valence-electron chi connectivity index (χ3n) is 4.18. The van der Waals surface area contributed by atoms with Gasteiger partial charge in [-0.25, -0.2) is 0 Å². The molecule has 0 fully saturated rings. The predicted octanol–water partition coefficient (Wildman–Crippen LogP) is 3.60. The van der Waals surface area contributed by atoms with Gasteiger partial charge in [0.15, 0.2) is 11.5 Å². The molecule has 1 aliphatic heterocycles. The first-order valence-electron chi connectivity index (χ1n) is 8.26. The summed E-state index contributed by atoms with van der Waals surface area (Å²) in [5, 5.41) is 3.39. The van der Waals surface area contributed by atoms with Gasteiger partial charge in [0.25, 0.3) is 5.91 Å². The second-order valence-electron chi connectivity index (χ2n) is 5.91. The lowest BCUT2D eigenvalue weighted by atomic mass is 10.1. The Hall–Kier alpha value is -2.44. The van der Waals surface area contributed by atoms with Crippen LogP contribution >= 0.6 is 23.2 Å². The van der Waals surface area contributed by atoms with Gasteiger partial charge in [-0.05, 0) is 24.3 Å². The molecule has 2 aromatic carbocycles. The number of methoxy groups -OCH3 is 1. The van der Waals surface area contributed by atoms with E-state index in [1.807, 2.05) is 12.1 Å². The van der Waals surface area contributed by atoms with Crippen molar-refractivity contribution in [2.75, 3.05) is 25.2 Å². The molecule has 8 heteroatoms. The minimum atomic E-state index is -0.866. The summed E-state index contributed by atoms with van der Waals surface area (Å²) >= 11 is 12.6. The zero-order chi connectivity index (χ0) is 19.6. The van der Waals surface area contributed by atoms with Crippen molar-refractivity contribution < 1.29 is 19.1 Å². The van der Waals surface area contributed by atoms with Gasteiger partial charge in [-0.3, -0.25) is 9.59 Å². The molecule has 2 aromatic rings. The summed E-state index contributed by atoms with van der Waals surface area (Å²) in [5.41, 5.74) is 0.998. The zero-order valence-electron chi connectivity index (χ0n) is 14.8. The largest absolute Gasteiger partial charge is 0.493 e. The number of para-hydroxylation sites is 2. The van der Waals surface area contributed by atoms with Crippen LogP contribution in [0.4, 0.5) is 5.69 Å². The number of amides is 2. The van der Waals surface area contributed by atoms with E-state index in [4.69, 9.17) is 32.7 Å². The summed E-state index contributed by atoms with van der Waals surface area (Å²) in [6.45, 7) is 1.79. The van der Waals surface area contributed by atoms with Crippen molar-refractivity contribution in [2.24, 2.45) is 0 Å². The maximum absolute atomic E-state index is 12.9. The molecule has 0 radical (unpaired) electrons. The molecule has 1 aliphatic rings. The molecule has 0 bridgehead atoms. The lowest BCUT2D eigenvalue weighted by Crippen LogP contribution is -2.38. The monoisotopic (exact) mass is 408 g/mol. The first kappa shape index (κ1) is 19.3. The van der Waals surface area contributed by atoms with Crippen LogP contribution in [0.5, 0.6) is 11.5 Å². The van der Waals surface area contributed by atoms with Crippen molar-refractivity contribution >= 4 is 40.7 Å². The molecule has 2 amide bonds. The number of anilines is 1. The molecule has 0 spiro atoms. The minimum absolute atomic E-state index is 0.210. The number of rotatable bonds is 6. The fourth-order valence-corrected chi connectivity index (χ4v) is 3.57. The molecule has 0 unspecified atom stereocenters. The average molecular weight is 409 g/mol. The molecule has 0 aliphatic carbocycles. The van der Waals surface area contributed by atoms with Crippen LogP contribution in [-0.2, 0) is 9.59 Å². The maximum Gasteiger partial charge on any atom is 0.254 e. The van der Waals surface area contributed by atoms with Gasteiger partial charge in [-0.1, -0.05) is 35.3 Å². The van der Waals surface area contributed by atoms with Crippen LogP contribution in [0.2, 0.25) is 10.0 Å². The predicted molar refractivity (Wildman–Crippen MR) is 104 cm³/mol. The van der Waals surface area contributed by atoms with Crippen LogP contribution in [0.1, 0.15) is 18.5 Å². The molecule has 1 heterocycles. The summed E-state index contributed by atoms with van der Waals surface area (Å²) in [6, 6.07) is 9.61. The van der Waals surface area contributed by atoms with Crippen molar-refractivity contribution in [2.45, 2.75) is 13.0 Å². The van der Waals surface area contributed by atoms with Gasteiger partial charge in [0.2, 0.25) is 5.91 Å². The Morgan fingerprint density at radius 3 is 2.48 bits per heavy atom. The minimum Gasteiger partial charge on any atom is -0.493 e. The van der Waals surface area contributed by atoms with Crippen molar-refractivity contribution in [1.29, 1.82) is 0 Å². The van der Waals surface area contributed by atoms with Crippen LogP contribution in [-0.4, -0.2) is 32.1 Å². The number of hydrogen-bond donors (Lipinski definition) is 1. The number of carbonyl (C=O) groups excluding carboxylic acids is 2. The van der Waals surface area contributed by atoms with Crippen LogP contribution in [0, 0.1) is 0 Å². The summed E-state index contributed by atoms with van der Waals surface area (Å²) in [6.07, 6.45) is 0. The molecular formula is C19H18Cl2N2O4. The van der Waals surface area contributed by atoms with E-state index in [0.717, 1.165) is 0 Å². The fraction of sp³-hybridized carbons (Fsp3) is 0.263. The van der Waals surface area contributed by atoms with E-state index in [1.54, 1.807) is 31.4 Å². The van der Waals surface area contributed by atoms with Gasteiger partial charge in [-0.15, -0.1) is 0 Å². The Kier molecular flexibility index (Phi) is 5.77. The Morgan fingerprint density at radius 2 is 1.81 bits per heavy atom. The highest BCUT2D eigenvalue weighted by atomic mass is 35.5. The van der Waals surface area contributed by atoms with E-state index in [1.165, 1.54) is 11.8 Å². The second kappa shape index (κ2) is 8.06. The molecule has 0 saturated heterocycles. The molecule has 6 nitrogen and oxygen atoms in total. The second-order valence-corrected chi connectivity index (χ2v) is 6.73. The van der Waals surface area contributed by atoms with E-state index in [9.17, 15) is 9.59 Å². The quantitative estimate of drug-likeness (QED) is 0.792. The lowest BCUT2D eigenvalue weighted by molar-refractivity contribution is -0.126. The first-order valence-corrected chi connectivity index (χ1v) is 9.01. The molecule has 142 valence electrons. The number of ether oxygens (including phenoxy) is 2. The molecule has 1 N–H and O–H groups in total. The normalized spacial score (nSPS) is 15.5. The van der Waals surface area contributed by atoms with Crippen molar-refractivity contribution in [1.82, 2.24) is 5.32 Å². The van der Waals surface area contributed by atoms with Crippen molar-refractivity contribution in [3.05, 3.63) is 52.0 Å². The first-order chi connectivity index (χ1) is 12.9. The summed E-state index contributed by atoms with van der Waals surface area (Å²) < 4.78 is 11.0. The Morgan fingerprint density at radius 1 is 1.15 bits per heavy atom. The highest BCUT2D eigenvalue weighted by Crippen LogP contribution is 2.44. The number of nitrogens with zero attached hydrogens (tertiary/aromatic N) is 1. The number of halogens is 2. The van der Waals surface area contributed by atoms with Gasteiger partial charge in [0.1, 0.15) is 12.6 Å². The van der Waals surface area contributed by atoms with Crippen molar-refractivity contribution in [3.63, 3.8) is 0 Å². The molecule has 3 rings (SSSR count). The Balaban J connectivity index is 1.83. The van der Waals surface area contributed by atoms with Gasteiger partial charge in [0, 0.05) is 17.5 Å². The van der Waals surface area contributed by atoms with Gasteiger partial charge in [0.05, 0.1) is 24.4 Å². The van der Waals surface area contributed by atoms with E-state index in [-0.39, 0.29) is 25.0 Å². The molecule has 1 atom stereocenters. The number of nitrogens with one attached hydrogen (secondary N) is 1. The summed E-state index contributed by atoms with van der Waals surface area (Å²) in [7, 11) is 1.56. The van der Waals surface area contributed by atoms with Gasteiger partial charge < -0.3 is 19.7 Å². The highest BCUT2D eigenvalue weighted by Gasteiger charge is 2.40. The zero-order valence-corrected chi connectivity index (χ0v) is 16.3. The lowest BCUT2D eigenvalue weighted by Gasteiger charge is -2.19. The van der Waals surface area contributed by atoms with Crippen LogP contribution in [0.3, 0.4) is 0 Å². The third-order valence-corrected chi connectivity index (χ3v) is 4.81. The molecule has 27 heavy (non-hydrogen) atoms.